The maximum atomic E-state index is 12.0. The smallest absolute Gasteiger partial charge is 0.339 e. The summed E-state index contributed by atoms with van der Waals surface area (Å²) < 4.78 is 5.39. The maximum absolute atomic E-state index is 12.0. The van der Waals surface area contributed by atoms with E-state index in [4.69, 9.17) is 4.74 Å². The minimum Gasteiger partial charge on any atom is -0.423 e. The zero-order valence-corrected chi connectivity index (χ0v) is 11.8. The van der Waals surface area contributed by atoms with Gasteiger partial charge in [0.15, 0.2) is 0 Å². The summed E-state index contributed by atoms with van der Waals surface area (Å²) in [6.07, 6.45) is 3.22. The van der Waals surface area contributed by atoms with Crippen LogP contribution in [0.4, 0.5) is 0 Å². The van der Waals surface area contributed by atoms with Gasteiger partial charge in [-0.05, 0) is 31.4 Å². The molecule has 0 spiro atoms. The fourth-order valence-electron chi connectivity index (χ4n) is 3.56. The minimum absolute atomic E-state index is 0.0139. The van der Waals surface area contributed by atoms with Gasteiger partial charge in [-0.15, -0.1) is 0 Å². The lowest BCUT2D eigenvalue weighted by Crippen LogP contribution is -2.39. The van der Waals surface area contributed by atoms with Gasteiger partial charge in [0.1, 0.15) is 11.5 Å². The molecule has 1 heterocycles. The van der Waals surface area contributed by atoms with E-state index in [-0.39, 0.29) is 23.1 Å². The summed E-state index contributed by atoms with van der Waals surface area (Å²) in [5.41, 5.74) is 3.69. The number of carbonyl (C=O) groups excluding carboxylic acids is 2. The molecule has 0 fully saturated rings. The van der Waals surface area contributed by atoms with Crippen molar-refractivity contribution in [2.75, 3.05) is 0 Å². The van der Waals surface area contributed by atoms with Crippen LogP contribution in [0.25, 0.3) is 0 Å². The summed E-state index contributed by atoms with van der Waals surface area (Å²) in [7, 11) is 0. The number of Topliss-reactive ketones (excluding diaryl/α,β-unsaturated/α-hetero) is 1. The lowest BCUT2D eigenvalue weighted by molar-refractivity contribution is -0.133. The average molecular weight is 258 g/mol. The van der Waals surface area contributed by atoms with Gasteiger partial charge < -0.3 is 4.74 Å². The average Bonchev–Trinajstić information content (AvgIpc) is 2.64. The Kier molecular flexibility index (Phi) is 2.40. The fraction of sp³-hybridized carbons (Fsp3) is 0.500. The van der Waals surface area contributed by atoms with Crippen LogP contribution in [-0.2, 0) is 14.3 Å². The number of ether oxygens (including phenoxy) is 1. The summed E-state index contributed by atoms with van der Waals surface area (Å²) >= 11 is 0. The molecule has 0 aromatic carbocycles. The highest BCUT2D eigenvalue weighted by atomic mass is 16.5. The van der Waals surface area contributed by atoms with E-state index in [1.165, 1.54) is 5.57 Å². The second-order valence-corrected chi connectivity index (χ2v) is 6.05. The number of esters is 1. The van der Waals surface area contributed by atoms with E-state index in [9.17, 15) is 9.59 Å². The SMILES string of the molecule is CC1=C2C[C@@]3(C)C(=CCC(=O)[C@@H]3C)C(C)=C2OC1=O. The van der Waals surface area contributed by atoms with Crippen LogP contribution < -0.4 is 0 Å². The van der Waals surface area contributed by atoms with Crippen molar-refractivity contribution in [3.63, 3.8) is 0 Å². The Morgan fingerprint density at radius 3 is 2.63 bits per heavy atom. The van der Waals surface area contributed by atoms with Crippen LogP contribution in [0.1, 0.15) is 40.5 Å². The third-order valence-corrected chi connectivity index (χ3v) is 5.08. The van der Waals surface area contributed by atoms with Gasteiger partial charge in [-0.1, -0.05) is 19.9 Å². The zero-order valence-electron chi connectivity index (χ0n) is 11.8. The molecule has 0 saturated heterocycles. The topological polar surface area (TPSA) is 43.4 Å². The predicted molar refractivity (Wildman–Crippen MR) is 71.1 cm³/mol. The molecule has 3 heteroatoms. The first kappa shape index (κ1) is 12.4. The summed E-state index contributed by atoms with van der Waals surface area (Å²) in [5, 5.41) is 0. The van der Waals surface area contributed by atoms with Crippen molar-refractivity contribution in [1.29, 1.82) is 0 Å². The van der Waals surface area contributed by atoms with E-state index in [2.05, 4.69) is 6.92 Å². The summed E-state index contributed by atoms with van der Waals surface area (Å²) in [5.74, 6) is 0.755. The first-order valence-corrected chi connectivity index (χ1v) is 6.73. The number of rotatable bonds is 0. The van der Waals surface area contributed by atoms with E-state index in [1.807, 2.05) is 26.8 Å². The fourth-order valence-corrected chi connectivity index (χ4v) is 3.56. The molecule has 0 unspecified atom stereocenters. The normalized spacial score (nSPS) is 34.1. The summed E-state index contributed by atoms with van der Waals surface area (Å²) in [6.45, 7) is 7.93. The van der Waals surface area contributed by atoms with E-state index < -0.39 is 0 Å². The molecule has 19 heavy (non-hydrogen) atoms. The molecule has 0 bridgehead atoms. The van der Waals surface area contributed by atoms with Crippen LogP contribution in [-0.4, -0.2) is 11.8 Å². The molecule has 0 amide bonds. The molecule has 0 radical (unpaired) electrons. The van der Waals surface area contributed by atoms with Crippen molar-refractivity contribution < 1.29 is 14.3 Å². The van der Waals surface area contributed by atoms with Crippen LogP contribution >= 0.6 is 0 Å². The predicted octanol–water partition coefficient (Wildman–Crippen LogP) is 3.08. The molecule has 2 aliphatic carbocycles. The standard InChI is InChI=1S/C16H18O3/c1-8-11-7-16(4)10(3)13(17)6-5-12(16)9(2)14(11)19-15(8)18/h5,10H,6-7H2,1-4H3/t10-,16+/m0/s1. The van der Waals surface area contributed by atoms with Crippen molar-refractivity contribution in [3.05, 3.63) is 34.1 Å². The van der Waals surface area contributed by atoms with Crippen molar-refractivity contribution in [2.45, 2.75) is 40.5 Å². The number of ketones is 1. The molecule has 0 saturated carbocycles. The first-order valence-electron chi connectivity index (χ1n) is 6.73. The van der Waals surface area contributed by atoms with Gasteiger partial charge in [0.25, 0.3) is 0 Å². The second kappa shape index (κ2) is 3.69. The minimum atomic E-state index is -0.244. The molecule has 2 atom stereocenters. The van der Waals surface area contributed by atoms with Gasteiger partial charge in [-0.25, -0.2) is 4.79 Å². The number of hydrogen-bond acceptors (Lipinski definition) is 3. The Hall–Kier alpha value is -1.64. The third-order valence-electron chi connectivity index (χ3n) is 5.08. The molecule has 3 nitrogen and oxygen atoms in total. The van der Waals surface area contributed by atoms with Gasteiger partial charge in [0, 0.05) is 28.9 Å². The van der Waals surface area contributed by atoms with Crippen molar-refractivity contribution in [3.8, 4) is 0 Å². The Morgan fingerprint density at radius 1 is 1.26 bits per heavy atom. The van der Waals surface area contributed by atoms with E-state index in [1.54, 1.807) is 0 Å². The van der Waals surface area contributed by atoms with E-state index in [0.29, 0.717) is 12.0 Å². The summed E-state index contributed by atoms with van der Waals surface area (Å²) in [4.78, 5) is 23.8. The monoisotopic (exact) mass is 258 g/mol. The van der Waals surface area contributed by atoms with Crippen LogP contribution in [0.15, 0.2) is 34.1 Å². The van der Waals surface area contributed by atoms with Gasteiger partial charge in [0.2, 0.25) is 0 Å². The highest BCUT2D eigenvalue weighted by molar-refractivity contribution is 5.95. The highest BCUT2D eigenvalue weighted by Crippen LogP contribution is 2.55. The largest absolute Gasteiger partial charge is 0.423 e. The van der Waals surface area contributed by atoms with Crippen LogP contribution in [0.2, 0.25) is 0 Å². The van der Waals surface area contributed by atoms with Gasteiger partial charge >= 0.3 is 5.97 Å². The number of carbonyl (C=O) groups is 2. The second-order valence-electron chi connectivity index (χ2n) is 6.05. The van der Waals surface area contributed by atoms with Crippen LogP contribution in [0, 0.1) is 11.3 Å². The molecular formula is C16H18O3. The Labute approximate surface area is 113 Å². The lowest BCUT2D eigenvalue weighted by atomic mass is 9.59. The number of hydrogen-bond donors (Lipinski definition) is 0. The molecule has 3 aliphatic rings. The lowest BCUT2D eigenvalue weighted by Gasteiger charge is -2.44. The molecule has 100 valence electrons. The molecule has 0 N–H and O–H groups in total. The van der Waals surface area contributed by atoms with Crippen LogP contribution in [0.5, 0.6) is 0 Å². The van der Waals surface area contributed by atoms with Gasteiger partial charge in [0.05, 0.1) is 0 Å². The number of allylic oxidation sites excluding steroid dienone is 4. The Bertz CT molecular complexity index is 603. The quantitative estimate of drug-likeness (QED) is 0.627. The maximum Gasteiger partial charge on any atom is 0.339 e. The Morgan fingerprint density at radius 2 is 1.95 bits per heavy atom. The van der Waals surface area contributed by atoms with Crippen molar-refractivity contribution >= 4 is 11.8 Å². The highest BCUT2D eigenvalue weighted by Gasteiger charge is 2.48. The summed E-state index contributed by atoms with van der Waals surface area (Å²) in [6, 6.07) is 0. The number of fused-ring (bicyclic) bond motifs is 2. The van der Waals surface area contributed by atoms with E-state index >= 15 is 0 Å². The molecule has 0 aromatic rings. The Balaban J connectivity index is 2.24. The molecule has 3 rings (SSSR count). The zero-order chi connectivity index (χ0) is 13.9. The van der Waals surface area contributed by atoms with Crippen molar-refractivity contribution in [2.24, 2.45) is 11.3 Å². The third kappa shape index (κ3) is 1.44. The molecule has 0 aromatic heterocycles. The van der Waals surface area contributed by atoms with Crippen molar-refractivity contribution in [1.82, 2.24) is 0 Å². The first-order chi connectivity index (χ1) is 8.86. The van der Waals surface area contributed by atoms with E-state index in [0.717, 1.165) is 23.3 Å². The molecule has 1 aliphatic heterocycles. The van der Waals surface area contributed by atoms with Gasteiger partial charge in [-0.2, -0.15) is 0 Å². The van der Waals surface area contributed by atoms with Gasteiger partial charge in [-0.3, -0.25) is 4.79 Å². The molecular weight excluding hydrogens is 240 g/mol. The van der Waals surface area contributed by atoms with Crippen LogP contribution in [0.3, 0.4) is 0 Å².